The minimum atomic E-state index is -0.475. The molecule has 1 aliphatic rings. The van der Waals surface area contributed by atoms with Crippen LogP contribution in [0.4, 0.5) is 11.4 Å². The summed E-state index contributed by atoms with van der Waals surface area (Å²) in [5, 5.41) is 3.58. The van der Waals surface area contributed by atoms with Crippen molar-refractivity contribution < 1.29 is 19.1 Å². The summed E-state index contributed by atoms with van der Waals surface area (Å²) in [6.07, 6.45) is 0. The average Bonchev–Trinajstić information content (AvgIpc) is 3.05. The van der Waals surface area contributed by atoms with Gasteiger partial charge in [-0.05, 0) is 61.9 Å². The highest BCUT2D eigenvalue weighted by molar-refractivity contribution is 6.46. The van der Waals surface area contributed by atoms with Gasteiger partial charge < -0.3 is 14.8 Å². The third kappa shape index (κ3) is 4.56. The predicted molar refractivity (Wildman–Crippen MR) is 130 cm³/mol. The molecule has 4 rings (SSSR count). The lowest BCUT2D eigenvalue weighted by Crippen LogP contribution is -2.32. The molecule has 33 heavy (non-hydrogen) atoms. The van der Waals surface area contributed by atoms with E-state index in [0.29, 0.717) is 46.7 Å². The molecule has 0 bridgehead atoms. The van der Waals surface area contributed by atoms with E-state index in [9.17, 15) is 9.59 Å². The van der Waals surface area contributed by atoms with Crippen LogP contribution < -0.4 is 19.7 Å². The highest BCUT2D eigenvalue weighted by Gasteiger charge is 2.40. The lowest BCUT2D eigenvalue weighted by molar-refractivity contribution is -0.120. The van der Waals surface area contributed by atoms with Gasteiger partial charge in [-0.1, -0.05) is 41.9 Å². The van der Waals surface area contributed by atoms with E-state index >= 15 is 0 Å². The molecule has 1 N–H and O–H groups in total. The molecule has 2 amide bonds. The lowest BCUT2D eigenvalue weighted by Gasteiger charge is -2.16. The Labute approximate surface area is 197 Å². The van der Waals surface area contributed by atoms with Crippen molar-refractivity contribution in [2.45, 2.75) is 13.8 Å². The maximum Gasteiger partial charge on any atom is 0.282 e. The van der Waals surface area contributed by atoms with Gasteiger partial charge in [0, 0.05) is 5.02 Å². The van der Waals surface area contributed by atoms with Crippen molar-refractivity contribution in [2.24, 2.45) is 0 Å². The van der Waals surface area contributed by atoms with Gasteiger partial charge in [-0.15, -0.1) is 0 Å². The summed E-state index contributed by atoms with van der Waals surface area (Å²) < 4.78 is 11.2. The Hall–Kier alpha value is -3.77. The molecule has 0 saturated carbocycles. The van der Waals surface area contributed by atoms with E-state index in [1.54, 1.807) is 60.7 Å². The first kappa shape index (κ1) is 22.4. The fourth-order valence-electron chi connectivity index (χ4n) is 3.63. The third-order valence-corrected chi connectivity index (χ3v) is 5.29. The second-order valence-corrected chi connectivity index (χ2v) is 7.62. The number of carbonyl (C=O) groups excluding carboxylic acids is 2. The van der Waals surface area contributed by atoms with Crippen molar-refractivity contribution in [1.82, 2.24) is 0 Å². The summed E-state index contributed by atoms with van der Waals surface area (Å²) in [6, 6.07) is 21.0. The number of nitrogens with one attached hydrogen (secondary N) is 1. The Balaban J connectivity index is 1.81. The first-order chi connectivity index (χ1) is 16.0. The van der Waals surface area contributed by atoms with Gasteiger partial charge in [-0.2, -0.15) is 0 Å². The van der Waals surface area contributed by atoms with E-state index in [4.69, 9.17) is 21.1 Å². The minimum Gasteiger partial charge on any atom is -0.494 e. The molecule has 0 saturated heterocycles. The molecule has 3 aromatic carbocycles. The summed E-state index contributed by atoms with van der Waals surface area (Å²) in [5.41, 5.74) is 2.01. The van der Waals surface area contributed by atoms with Gasteiger partial charge in [0.15, 0.2) is 0 Å². The monoisotopic (exact) mass is 462 g/mol. The maximum absolute atomic E-state index is 13.6. The van der Waals surface area contributed by atoms with Crippen molar-refractivity contribution in [1.29, 1.82) is 0 Å². The van der Waals surface area contributed by atoms with E-state index < -0.39 is 11.8 Å². The smallest absolute Gasteiger partial charge is 0.282 e. The molecule has 0 unspecified atom stereocenters. The standard InChI is InChI=1S/C26H23ClN2O4/c1-3-32-20-14-12-17(13-15-20)23-24(28-21-10-5-6-11-22(21)33-4-2)26(31)29(25(23)30)19-9-7-8-18(27)16-19/h5-16,28H,3-4H2,1-2H3. The highest BCUT2D eigenvalue weighted by atomic mass is 35.5. The van der Waals surface area contributed by atoms with Crippen LogP contribution >= 0.6 is 11.6 Å². The Kier molecular flexibility index (Phi) is 6.66. The van der Waals surface area contributed by atoms with Crippen LogP contribution in [-0.4, -0.2) is 25.0 Å². The molecule has 3 aromatic rings. The van der Waals surface area contributed by atoms with Gasteiger partial charge in [-0.25, -0.2) is 4.90 Å². The maximum atomic E-state index is 13.6. The Morgan fingerprint density at radius 1 is 0.848 bits per heavy atom. The summed E-state index contributed by atoms with van der Waals surface area (Å²) >= 11 is 6.13. The number of amides is 2. The minimum absolute atomic E-state index is 0.163. The molecule has 7 heteroatoms. The number of halogens is 1. The summed E-state index contributed by atoms with van der Waals surface area (Å²) in [5.74, 6) is 0.349. The molecule has 1 aliphatic heterocycles. The SMILES string of the molecule is CCOc1ccc(C2=C(Nc3ccccc3OCC)C(=O)N(c3cccc(Cl)c3)C2=O)cc1. The number of rotatable bonds is 8. The number of ether oxygens (including phenoxy) is 2. The fraction of sp³-hybridized carbons (Fsp3) is 0.154. The van der Waals surface area contributed by atoms with Crippen molar-refractivity contribution in [3.8, 4) is 11.5 Å². The Morgan fingerprint density at radius 2 is 1.58 bits per heavy atom. The molecule has 0 spiro atoms. The molecule has 0 fully saturated rings. The van der Waals surface area contributed by atoms with Gasteiger partial charge >= 0.3 is 0 Å². The molecular formula is C26H23ClN2O4. The van der Waals surface area contributed by atoms with E-state index in [0.717, 1.165) is 4.90 Å². The van der Waals surface area contributed by atoms with Crippen molar-refractivity contribution in [3.05, 3.63) is 89.1 Å². The van der Waals surface area contributed by atoms with Gasteiger partial charge in [0.25, 0.3) is 11.8 Å². The Bertz CT molecular complexity index is 1220. The second-order valence-electron chi connectivity index (χ2n) is 7.19. The van der Waals surface area contributed by atoms with Crippen LogP contribution in [0.1, 0.15) is 19.4 Å². The van der Waals surface area contributed by atoms with E-state index in [-0.39, 0.29) is 11.3 Å². The number of anilines is 2. The predicted octanol–water partition coefficient (Wildman–Crippen LogP) is 5.53. The molecule has 1 heterocycles. The van der Waals surface area contributed by atoms with Crippen LogP contribution in [0.3, 0.4) is 0 Å². The number of nitrogens with zero attached hydrogens (tertiary/aromatic N) is 1. The van der Waals surface area contributed by atoms with Crippen LogP contribution in [0.2, 0.25) is 5.02 Å². The number of carbonyl (C=O) groups is 2. The van der Waals surface area contributed by atoms with E-state index in [1.807, 2.05) is 26.0 Å². The number of benzene rings is 3. The van der Waals surface area contributed by atoms with Gasteiger partial charge in [-0.3, -0.25) is 9.59 Å². The number of imide groups is 1. The van der Waals surface area contributed by atoms with Crippen LogP contribution in [0.15, 0.2) is 78.5 Å². The fourth-order valence-corrected chi connectivity index (χ4v) is 3.82. The molecular weight excluding hydrogens is 440 g/mol. The normalized spacial score (nSPS) is 13.5. The molecule has 0 radical (unpaired) electrons. The summed E-state index contributed by atoms with van der Waals surface area (Å²) in [7, 11) is 0. The molecule has 0 aromatic heterocycles. The molecule has 6 nitrogen and oxygen atoms in total. The quantitative estimate of drug-likeness (QED) is 0.445. The molecule has 0 aliphatic carbocycles. The van der Waals surface area contributed by atoms with Crippen LogP contribution in [0.25, 0.3) is 5.57 Å². The van der Waals surface area contributed by atoms with Crippen molar-refractivity contribution in [2.75, 3.05) is 23.4 Å². The Morgan fingerprint density at radius 3 is 2.27 bits per heavy atom. The zero-order chi connectivity index (χ0) is 23.4. The van der Waals surface area contributed by atoms with Gasteiger partial charge in [0.2, 0.25) is 0 Å². The van der Waals surface area contributed by atoms with Crippen LogP contribution in [0, 0.1) is 0 Å². The number of hydrogen-bond donors (Lipinski definition) is 1. The zero-order valence-corrected chi connectivity index (χ0v) is 19.1. The van der Waals surface area contributed by atoms with Crippen LogP contribution in [-0.2, 0) is 9.59 Å². The van der Waals surface area contributed by atoms with Crippen molar-refractivity contribution >= 4 is 40.4 Å². The van der Waals surface area contributed by atoms with Gasteiger partial charge in [0.1, 0.15) is 17.2 Å². The second kappa shape index (κ2) is 9.79. The van der Waals surface area contributed by atoms with Gasteiger partial charge in [0.05, 0.1) is 30.2 Å². The first-order valence-corrected chi connectivity index (χ1v) is 11.0. The average molecular weight is 463 g/mol. The molecule has 0 atom stereocenters. The van der Waals surface area contributed by atoms with E-state index in [1.165, 1.54) is 0 Å². The zero-order valence-electron chi connectivity index (χ0n) is 18.3. The third-order valence-electron chi connectivity index (χ3n) is 5.05. The largest absolute Gasteiger partial charge is 0.494 e. The topological polar surface area (TPSA) is 67.9 Å². The summed E-state index contributed by atoms with van der Waals surface area (Å²) in [4.78, 5) is 28.2. The molecule has 168 valence electrons. The summed E-state index contributed by atoms with van der Waals surface area (Å²) in [6.45, 7) is 4.77. The van der Waals surface area contributed by atoms with Crippen LogP contribution in [0.5, 0.6) is 11.5 Å². The number of para-hydroxylation sites is 2. The first-order valence-electron chi connectivity index (χ1n) is 10.6. The highest BCUT2D eigenvalue weighted by Crippen LogP contribution is 2.36. The van der Waals surface area contributed by atoms with Crippen molar-refractivity contribution in [3.63, 3.8) is 0 Å². The number of hydrogen-bond acceptors (Lipinski definition) is 5. The lowest BCUT2D eigenvalue weighted by atomic mass is 10.0. The van der Waals surface area contributed by atoms with E-state index in [2.05, 4.69) is 5.32 Å².